The molecule has 0 bridgehead atoms. The van der Waals surface area contributed by atoms with Crippen LogP contribution in [-0.4, -0.2) is 83.9 Å². The second-order valence-electron chi connectivity index (χ2n) is 11.2. The lowest BCUT2D eigenvalue weighted by atomic mass is 9.51. The summed E-state index contributed by atoms with van der Waals surface area (Å²) in [6.45, 7) is 7.09. The molecule has 0 amide bonds. The monoisotopic (exact) mass is 468 g/mol. The van der Waals surface area contributed by atoms with Crippen LogP contribution >= 0.6 is 0 Å². The number of rotatable bonds is 3. The lowest BCUT2D eigenvalue weighted by molar-refractivity contribution is -0.240. The number of carbonyl (C=O) groups excluding carboxylic acids is 3. The lowest BCUT2D eigenvalue weighted by Crippen LogP contribution is -2.67. The second-order valence-corrected chi connectivity index (χ2v) is 11.2. The summed E-state index contributed by atoms with van der Waals surface area (Å²) < 4.78 is 34.1. The van der Waals surface area contributed by atoms with Gasteiger partial charge in [-0.1, -0.05) is 20.8 Å². The SMILES string of the molecule is COCO[C@H]1C(=O)O[C@H]2O[C@]34C(=O)O[C@@H]5C[C@@H](C(C)(C)C)C21C53[C@@H](O)[C@@H]1OC(=O)[C@@H](C)[C@@]14O. The minimum Gasteiger partial charge on any atom is -0.459 e. The van der Waals surface area contributed by atoms with Crippen LogP contribution in [0.4, 0.5) is 0 Å². The van der Waals surface area contributed by atoms with Gasteiger partial charge in [-0.15, -0.1) is 0 Å². The molecule has 2 N–H and O–H groups in total. The second kappa shape index (κ2) is 5.88. The van der Waals surface area contributed by atoms with Gasteiger partial charge in [0.1, 0.15) is 19.0 Å². The first-order chi connectivity index (χ1) is 15.4. The molecule has 2 saturated carbocycles. The molecule has 4 heterocycles. The van der Waals surface area contributed by atoms with Crippen molar-refractivity contribution >= 4 is 17.9 Å². The van der Waals surface area contributed by atoms with Crippen molar-refractivity contribution in [1.82, 2.24) is 0 Å². The van der Waals surface area contributed by atoms with E-state index in [-0.39, 0.29) is 13.2 Å². The van der Waals surface area contributed by atoms with Crippen LogP contribution in [0.25, 0.3) is 0 Å². The van der Waals surface area contributed by atoms with Crippen LogP contribution in [-0.2, 0) is 42.8 Å². The third-order valence-electron chi connectivity index (χ3n) is 9.32. The van der Waals surface area contributed by atoms with Crippen LogP contribution in [0.1, 0.15) is 34.1 Å². The van der Waals surface area contributed by atoms with Gasteiger partial charge in [0.2, 0.25) is 11.9 Å². The van der Waals surface area contributed by atoms with Gasteiger partial charge in [-0.2, -0.15) is 0 Å². The molecule has 6 fully saturated rings. The van der Waals surface area contributed by atoms with Gasteiger partial charge >= 0.3 is 17.9 Å². The Morgan fingerprint density at radius 3 is 2.45 bits per heavy atom. The Balaban J connectivity index is 1.68. The predicted octanol–water partition coefficient (Wildman–Crippen LogP) is -0.741. The molecule has 2 spiro atoms. The molecule has 11 nitrogen and oxygen atoms in total. The molecule has 182 valence electrons. The summed E-state index contributed by atoms with van der Waals surface area (Å²) in [5, 5.41) is 23.9. The highest BCUT2D eigenvalue weighted by atomic mass is 16.8. The van der Waals surface area contributed by atoms with E-state index in [0.717, 1.165) is 0 Å². The van der Waals surface area contributed by atoms with E-state index in [2.05, 4.69) is 0 Å². The van der Waals surface area contributed by atoms with Crippen LogP contribution in [0, 0.1) is 28.1 Å². The van der Waals surface area contributed by atoms with Crippen molar-refractivity contribution in [3.63, 3.8) is 0 Å². The summed E-state index contributed by atoms with van der Waals surface area (Å²) in [4.78, 5) is 39.2. The predicted molar refractivity (Wildman–Crippen MR) is 103 cm³/mol. The van der Waals surface area contributed by atoms with Crippen molar-refractivity contribution in [2.24, 2.45) is 28.1 Å². The van der Waals surface area contributed by atoms with Crippen LogP contribution in [0.5, 0.6) is 0 Å². The third-order valence-corrected chi connectivity index (χ3v) is 9.32. The molecule has 33 heavy (non-hydrogen) atoms. The highest BCUT2D eigenvalue weighted by molar-refractivity contribution is 5.94. The summed E-state index contributed by atoms with van der Waals surface area (Å²) in [5.41, 5.74) is -7.95. The van der Waals surface area contributed by atoms with Crippen molar-refractivity contribution in [3.8, 4) is 0 Å². The van der Waals surface area contributed by atoms with E-state index < -0.39 is 87.9 Å². The topological polar surface area (TPSA) is 147 Å². The smallest absolute Gasteiger partial charge is 0.343 e. The van der Waals surface area contributed by atoms with Crippen LogP contribution in [0.3, 0.4) is 0 Å². The van der Waals surface area contributed by atoms with E-state index in [0.29, 0.717) is 0 Å². The minimum atomic E-state index is -2.22. The van der Waals surface area contributed by atoms with Crippen molar-refractivity contribution in [2.45, 2.75) is 76.0 Å². The van der Waals surface area contributed by atoms with Gasteiger partial charge in [0.15, 0.2) is 17.8 Å². The molecular formula is C22H28O11. The zero-order valence-corrected chi connectivity index (χ0v) is 19.0. The molecule has 6 rings (SSSR count). The Bertz CT molecular complexity index is 974. The van der Waals surface area contributed by atoms with Gasteiger partial charge < -0.3 is 38.6 Å². The first kappa shape index (κ1) is 21.7. The molecule has 4 saturated heterocycles. The maximum atomic E-state index is 13.6. The van der Waals surface area contributed by atoms with E-state index in [4.69, 9.17) is 28.4 Å². The van der Waals surface area contributed by atoms with Crippen molar-refractivity contribution in [1.29, 1.82) is 0 Å². The quantitative estimate of drug-likeness (QED) is 0.307. The molecule has 0 aromatic carbocycles. The fourth-order valence-electron chi connectivity index (χ4n) is 8.43. The van der Waals surface area contributed by atoms with E-state index in [1.54, 1.807) is 0 Å². The Hall–Kier alpha value is -1.79. The number of fused-ring (bicyclic) bond motifs is 1. The Morgan fingerprint density at radius 2 is 1.82 bits per heavy atom. The molecule has 0 aromatic heterocycles. The molecule has 11 atom stereocenters. The number of carbonyl (C=O) groups is 3. The van der Waals surface area contributed by atoms with Crippen molar-refractivity contribution < 1.29 is 53.0 Å². The van der Waals surface area contributed by atoms with Crippen LogP contribution in [0.2, 0.25) is 0 Å². The summed E-state index contributed by atoms with van der Waals surface area (Å²) in [5.74, 6) is -3.96. The van der Waals surface area contributed by atoms with Crippen LogP contribution < -0.4 is 0 Å². The van der Waals surface area contributed by atoms with E-state index in [9.17, 15) is 24.6 Å². The number of hydrogen-bond donors (Lipinski definition) is 2. The van der Waals surface area contributed by atoms with Gasteiger partial charge in [-0.25, -0.2) is 9.59 Å². The zero-order chi connectivity index (χ0) is 23.9. The number of esters is 3. The molecule has 2 aliphatic carbocycles. The number of aliphatic hydroxyl groups is 2. The number of ether oxygens (including phenoxy) is 6. The standard InChI is InChI=1S/C22H28O11/c1-8-14(24)31-12-11(23)20-10-6-9(18(2,3)4)19(20)13(29-7-28-5)15(25)32-17(19)33-22(20,16(26)30-10)21(8,12)27/h8-13,17,23,27H,6-7H2,1-5H3/t8-,9+,10-,11+,12+,13+,17+,19?,20?,21-,22-/m1/s1. The molecule has 11 heteroatoms. The largest absolute Gasteiger partial charge is 0.459 e. The summed E-state index contributed by atoms with van der Waals surface area (Å²) in [6.07, 6.45) is -6.23. The van der Waals surface area contributed by atoms with Gasteiger partial charge in [0, 0.05) is 7.11 Å². The number of methoxy groups -OCH3 is 1. The van der Waals surface area contributed by atoms with E-state index >= 15 is 0 Å². The van der Waals surface area contributed by atoms with E-state index in [1.807, 2.05) is 20.8 Å². The minimum absolute atomic E-state index is 0.247. The van der Waals surface area contributed by atoms with Gasteiger partial charge in [-0.3, -0.25) is 4.79 Å². The summed E-state index contributed by atoms with van der Waals surface area (Å²) >= 11 is 0. The van der Waals surface area contributed by atoms with Crippen molar-refractivity contribution in [3.05, 3.63) is 0 Å². The average Bonchev–Trinajstić information content (AvgIpc) is 3.44. The maximum Gasteiger partial charge on any atom is 0.343 e. The fraction of sp³-hybridized carbons (Fsp3) is 0.864. The Labute approximate surface area is 189 Å². The highest BCUT2D eigenvalue weighted by Gasteiger charge is 3.04. The first-order valence-electron chi connectivity index (χ1n) is 11.2. The molecule has 2 unspecified atom stereocenters. The maximum absolute atomic E-state index is 13.6. The number of aliphatic hydroxyl groups excluding tert-OH is 1. The lowest BCUT2D eigenvalue weighted by Gasteiger charge is -2.48. The molecule has 0 radical (unpaired) electrons. The fourth-order valence-corrected chi connectivity index (χ4v) is 8.43. The summed E-state index contributed by atoms with van der Waals surface area (Å²) in [7, 11) is 1.41. The Kier molecular flexibility index (Phi) is 3.87. The van der Waals surface area contributed by atoms with E-state index in [1.165, 1.54) is 14.0 Å². The molecule has 4 aliphatic heterocycles. The number of hydrogen-bond acceptors (Lipinski definition) is 11. The van der Waals surface area contributed by atoms with Crippen LogP contribution in [0.15, 0.2) is 0 Å². The first-order valence-corrected chi connectivity index (χ1v) is 11.2. The van der Waals surface area contributed by atoms with Gasteiger partial charge in [-0.05, 0) is 24.7 Å². The average molecular weight is 468 g/mol. The third kappa shape index (κ3) is 1.78. The van der Waals surface area contributed by atoms with Crippen molar-refractivity contribution in [2.75, 3.05) is 13.9 Å². The molecule has 6 aliphatic rings. The van der Waals surface area contributed by atoms with Gasteiger partial charge in [0.05, 0.1) is 16.7 Å². The zero-order valence-electron chi connectivity index (χ0n) is 19.0. The Morgan fingerprint density at radius 1 is 1.12 bits per heavy atom. The molecular weight excluding hydrogens is 440 g/mol. The molecule has 0 aromatic rings. The normalized spacial score (nSPS) is 55.7. The highest BCUT2D eigenvalue weighted by Crippen LogP contribution is 2.84. The summed E-state index contributed by atoms with van der Waals surface area (Å²) in [6, 6.07) is 0. The van der Waals surface area contributed by atoms with Gasteiger partial charge in [0.25, 0.3) is 0 Å².